The Labute approximate surface area is 115 Å². The molecule has 3 N–H and O–H groups in total. The summed E-state index contributed by atoms with van der Waals surface area (Å²) in [5.74, 6) is -0.550. The van der Waals surface area contributed by atoms with Crippen LogP contribution in [-0.2, 0) is 4.79 Å². The van der Waals surface area contributed by atoms with Crippen LogP contribution in [0.15, 0.2) is 11.8 Å². The summed E-state index contributed by atoms with van der Waals surface area (Å²) in [6, 6.07) is 0. The first-order valence-electron chi connectivity index (χ1n) is 6.92. The average molecular weight is 270 g/mol. The van der Waals surface area contributed by atoms with Crippen LogP contribution in [0.3, 0.4) is 0 Å². The molecule has 0 heterocycles. The van der Waals surface area contributed by atoms with Crippen LogP contribution >= 0.6 is 0 Å². The van der Waals surface area contributed by atoms with Gasteiger partial charge >= 0.3 is 5.97 Å². The Bertz CT molecular complexity index is 372. The average Bonchev–Trinajstić information content (AvgIpc) is 2.21. The van der Waals surface area contributed by atoms with Crippen molar-refractivity contribution in [2.75, 3.05) is 0 Å². The standard InChI is InChI=1S/C15H26O4/c1-10(7-13(17)18)5-6-15(19)11(2)8-12(16)9-14(15,3)4/h8,10-11,16,19H,5-7,9H2,1-4H3,(H,17,18)/t10-,11?,15-/m1/s1. The molecule has 19 heavy (non-hydrogen) atoms. The Morgan fingerprint density at radius 1 is 1.53 bits per heavy atom. The number of carbonyl (C=O) groups is 1. The molecule has 3 atom stereocenters. The predicted molar refractivity (Wildman–Crippen MR) is 73.9 cm³/mol. The predicted octanol–water partition coefficient (Wildman–Crippen LogP) is 3.12. The minimum atomic E-state index is -0.897. The lowest BCUT2D eigenvalue weighted by Crippen LogP contribution is -2.52. The molecule has 0 bridgehead atoms. The van der Waals surface area contributed by atoms with Gasteiger partial charge < -0.3 is 15.3 Å². The minimum absolute atomic E-state index is 0.0454. The summed E-state index contributed by atoms with van der Waals surface area (Å²) in [6.45, 7) is 7.70. The van der Waals surface area contributed by atoms with Crippen molar-refractivity contribution >= 4 is 5.97 Å². The fourth-order valence-electron chi connectivity index (χ4n) is 3.14. The topological polar surface area (TPSA) is 77.8 Å². The molecular formula is C15H26O4. The molecule has 110 valence electrons. The second-order valence-corrected chi connectivity index (χ2v) is 6.67. The van der Waals surface area contributed by atoms with Gasteiger partial charge in [0.15, 0.2) is 0 Å². The molecule has 0 radical (unpaired) electrons. The number of carboxylic acid groups (broad SMARTS) is 1. The van der Waals surface area contributed by atoms with Crippen LogP contribution in [0.4, 0.5) is 0 Å². The largest absolute Gasteiger partial charge is 0.513 e. The third kappa shape index (κ3) is 3.50. The van der Waals surface area contributed by atoms with Crippen molar-refractivity contribution in [2.45, 2.75) is 59.0 Å². The number of hydrogen-bond acceptors (Lipinski definition) is 3. The summed E-state index contributed by atoms with van der Waals surface area (Å²) in [7, 11) is 0. The highest BCUT2D eigenvalue weighted by atomic mass is 16.4. The molecule has 1 aliphatic carbocycles. The summed E-state index contributed by atoms with van der Waals surface area (Å²) in [5, 5.41) is 29.5. The third-order valence-electron chi connectivity index (χ3n) is 4.53. The summed E-state index contributed by atoms with van der Waals surface area (Å²) < 4.78 is 0. The molecule has 0 amide bonds. The molecule has 4 heteroatoms. The van der Waals surface area contributed by atoms with Crippen molar-refractivity contribution < 1.29 is 20.1 Å². The van der Waals surface area contributed by atoms with Crippen LogP contribution < -0.4 is 0 Å². The normalized spacial score (nSPS) is 31.6. The van der Waals surface area contributed by atoms with Gasteiger partial charge in [0.25, 0.3) is 0 Å². The molecule has 0 aromatic carbocycles. The van der Waals surface area contributed by atoms with Gasteiger partial charge in [0.2, 0.25) is 0 Å². The first kappa shape index (κ1) is 16.0. The van der Waals surface area contributed by atoms with Gasteiger partial charge in [0.05, 0.1) is 11.4 Å². The third-order valence-corrected chi connectivity index (χ3v) is 4.53. The second kappa shape index (κ2) is 5.53. The molecule has 0 aromatic heterocycles. The van der Waals surface area contributed by atoms with E-state index in [0.717, 1.165) is 0 Å². The number of rotatable bonds is 5. The van der Waals surface area contributed by atoms with E-state index in [1.165, 1.54) is 0 Å². The lowest BCUT2D eigenvalue weighted by atomic mass is 9.61. The monoisotopic (exact) mass is 270 g/mol. The van der Waals surface area contributed by atoms with Crippen LogP contribution in [0.2, 0.25) is 0 Å². The maximum atomic E-state index is 11.0. The highest BCUT2D eigenvalue weighted by molar-refractivity contribution is 5.66. The van der Waals surface area contributed by atoms with Crippen LogP contribution in [0.1, 0.15) is 53.4 Å². The fraction of sp³-hybridized carbons (Fsp3) is 0.800. The number of aliphatic carboxylic acids is 1. The maximum absolute atomic E-state index is 11.0. The Kier molecular flexibility index (Phi) is 4.67. The molecule has 1 unspecified atom stereocenters. The Morgan fingerprint density at radius 2 is 2.11 bits per heavy atom. The molecule has 0 fully saturated rings. The van der Waals surface area contributed by atoms with Gasteiger partial charge in [-0.05, 0) is 24.8 Å². The SMILES string of the molecule is CC1C=C(O)CC(C)(C)[C@@]1(O)CC[C@@H](C)CC(=O)O. The smallest absolute Gasteiger partial charge is 0.303 e. The van der Waals surface area contributed by atoms with Crippen molar-refractivity contribution in [3.05, 3.63) is 11.8 Å². The lowest BCUT2D eigenvalue weighted by molar-refractivity contribution is -0.138. The van der Waals surface area contributed by atoms with Crippen molar-refractivity contribution in [3.8, 4) is 0 Å². The number of hydrogen-bond donors (Lipinski definition) is 3. The van der Waals surface area contributed by atoms with Crippen molar-refractivity contribution in [3.63, 3.8) is 0 Å². The quantitative estimate of drug-likeness (QED) is 0.717. The lowest BCUT2D eigenvalue weighted by Gasteiger charge is -2.49. The van der Waals surface area contributed by atoms with E-state index in [1.807, 2.05) is 27.7 Å². The Balaban J connectivity index is 2.76. The van der Waals surface area contributed by atoms with E-state index in [4.69, 9.17) is 5.11 Å². The highest BCUT2D eigenvalue weighted by Gasteiger charge is 2.49. The van der Waals surface area contributed by atoms with Gasteiger partial charge in [-0.1, -0.05) is 27.7 Å². The van der Waals surface area contributed by atoms with E-state index >= 15 is 0 Å². The van der Waals surface area contributed by atoms with Crippen LogP contribution in [0.25, 0.3) is 0 Å². The zero-order chi connectivity index (χ0) is 14.8. The molecule has 0 aliphatic heterocycles. The Hall–Kier alpha value is -1.03. The molecule has 1 rings (SSSR count). The summed E-state index contributed by atoms with van der Waals surface area (Å²) >= 11 is 0. The van der Waals surface area contributed by atoms with Crippen LogP contribution in [-0.4, -0.2) is 26.9 Å². The van der Waals surface area contributed by atoms with E-state index in [-0.39, 0.29) is 18.3 Å². The van der Waals surface area contributed by atoms with Crippen molar-refractivity contribution in [1.82, 2.24) is 0 Å². The van der Waals surface area contributed by atoms with Gasteiger partial charge in [-0.3, -0.25) is 4.79 Å². The maximum Gasteiger partial charge on any atom is 0.303 e. The van der Waals surface area contributed by atoms with Crippen LogP contribution in [0.5, 0.6) is 0 Å². The molecule has 0 saturated heterocycles. The fourth-order valence-corrected chi connectivity index (χ4v) is 3.14. The minimum Gasteiger partial charge on any atom is -0.513 e. The van der Waals surface area contributed by atoms with E-state index in [0.29, 0.717) is 25.0 Å². The van der Waals surface area contributed by atoms with Gasteiger partial charge in [-0.15, -0.1) is 0 Å². The summed E-state index contributed by atoms with van der Waals surface area (Å²) in [5.41, 5.74) is -1.31. The van der Waals surface area contributed by atoms with Gasteiger partial charge in [-0.25, -0.2) is 0 Å². The summed E-state index contributed by atoms with van der Waals surface area (Å²) in [6.07, 6.45) is 3.53. The molecule has 4 nitrogen and oxygen atoms in total. The van der Waals surface area contributed by atoms with E-state index < -0.39 is 17.0 Å². The molecule has 0 spiro atoms. The first-order chi connectivity index (χ1) is 8.58. The van der Waals surface area contributed by atoms with E-state index in [1.54, 1.807) is 6.08 Å². The molecule has 1 aliphatic rings. The van der Waals surface area contributed by atoms with Gasteiger partial charge in [0.1, 0.15) is 0 Å². The summed E-state index contributed by atoms with van der Waals surface area (Å²) in [4.78, 5) is 10.7. The van der Waals surface area contributed by atoms with E-state index in [9.17, 15) is 15.0 Å². The van der Waals surface area contributed by atoms with Crippen molar-refractivity contribution in [2.24, 2.45) is 17.3 Å². The van der Waals surface area contributed by atoms with Crippen LogP contribution in [0, 0.1) is 17.3 Å². The first-order valence-corrected chi connectivity index (χ1v) is 6.92. The van der Waals surface area contributed by atoms with Gasteiger partial charge in [0, 0.05) is 24.2 Å². The molecule has 0 saturated carbocycles. The molecule has 0 aromatic rings. The zero-order valence-electron chi connectivity index (χ0n) is 12.3. The number of allylic oxidation sites excluding steroid dienone is 1. The zero-order valence-corrected chi connectivity index (χ0v) is 12.3. The molecular weight excluding hydrogens is 244 g/mol. The number of aliphatic hydroxyl groups is 2. The number of aliphatic hydroxyl groups excluding tert-OH is 1. The van der Waals surface area contributed by atoms with Gasteiger partial charge in [-0.2, -0.15) is 0 Å². The van der Waals surface area contributed by atoms with E-state index in [2.05, 4.69) is 0 Å². The Morgan fingerprint density at radius 3 is 2.58 bits per heavy atom. The second-order valence-electron chi connectivity index (χ2n) is 6.67. The highest BCUT2D eigenvalue weighted by Crippen LogP contribution is 2.48. The van der Waals surface area contributed by atoms with Crippen molar-refractivity contribution in [1.29, 1.82) is 0 Å². The number of carboxylic acids is 1.